The summed E-state index contributed by atoms with van der Waals surface area (Å²) in [5.74, 6) is 0.0407. The van der Waals surface area contributed by atoms with Crippen LogP contribution in [0.4, 0.5) is 0 Å². The molecule has 1 aliphatic rings. The van der Waals surface area contributed by atoms with Gasteiger partial charge in [0, 0.05) is 6.54 Å². The zero-order chi connectivity index (χ0) is 18.2. The number of ether oxygens (including phenoxy) is 1. The maximum Gasteiger partial charge on any atom is 0.309 e. The minimum Gasteiger partial charge on any atom is -0.491 e. The number of amides is 2. The van der Waals surface area contributed by atoms with Gasteiger partial charge in [0.15, 0.2) is 0 Å². The van der Waals surface area contributed by atoms with E-state index in [1.54, 1.807) is 0 Å². The first-order valence-electron chi connectivity index (χ1n) is 8.95. The average Bonchev–Trinajstić information content (AvgIpc) is 2.60. The van der Waals surface area contributed by atoms with Crippen molar-refractivity contribution < 1.29 is 14.3 Å². The van der Waals surface area contributed by atoms with Gasteiger partial charge in [-0.25, -0.2) is 0 Å². The molecule has 25 heavy (non-hydrogen) atoms. The lowest BCUT2D eigenvalue weighted by Crippen LogP contribution is -2.47. The van der Waals surface area contributed by atoms with E-state index in [0.717, 1.165) is 42.8 Å². The zero-order valence-corrected chi connectivity index (χ0v) is 15.4. The Morgan fingerprint density at radius 2 is 2.00 bits per heavy atom. The van der Waals surface area contributed by atoms with E-state index in [0.29, 0.717) is 19.1 Å². The van der Waals surface area contributed by atoms with Crippen LogP contribution in [0.25, 0.3) is 0 Å². The first-order valence-corrected chi connectivity index (χ1v) is 8.95. The van der Waals surface area contributed by atoms with Crippen LogP contribution in [0.15, 0.2) is 18.2 Å². The second-order valence-corrected chi connectivity index (χ2v) is 6.83. The van der Waals surface area contributed by atoms with Crippen molar-refractivity contribution in [1.29, 1.82) is 0 Å². The highest BCUT2D eigenvalue weighted by molar-refractivity contribution is 6.35. The first-order chi connectivity index (χ1) is 12.0. The van der Waals surface area contributed by atoms with Gasteiger partial charge >= 0.3 is 11.8 Å². The SMILES string of the molecule is Cc1cccc(C)c1OCC(C)NC(=O)C(=O)NCC1CCCNC1. The number of nitrogens with one attached hydrogen (secondary N) is 3. The third-order valence-corrected chi connectivity index (χ3v) is 4.42. The fraction of sp³-hybridized carbons (Fsp3) is 0.579. The number of rotatable bonds is 6. The Labute approximate surface area is 149 Å². The molecule has 3 N–H and O–H groups in total. The highest BCUT2D eigenvalue weighted by atomic mass is 16.5. The molecular weight excluding hydrogens is 318 g/mol. The molecule has 0 saturated carbocycles. The van der Waals surface area contributed by atoms with Gasteiger partial charge in [0.05, 0.1) is 6.04 Å². The van der Waals surface area contributed by atoms with Crippen molar-refractivity contribution in [2.24, 2.45) is 5.92 Å². The van der Waals surface area contributed by atoms with Crippen LogP contribution in [0.2, 0.25) is 0 Å². The Balaban J connectivity index is 1.72. The largest absolute Gasteiger partial charge is 0.491 e. The van der Waals surface area contributed by atoms with Crippen LogP contribution in [0.3, 0.4) is 0 Å². The summed E-state index contributed by atoms with van der Waals surface area (Å²) in [4.78, 5) is 23.9. The standard InChI is InChI=1S/C19H29N3O3/c1-13-6-4-7-14(2)17(13)25-12-15(3)22-19(24)18(23)21-11-16-8-5-9-20-10-16/h4,6-7,15-16,20H,5,8-12H2,1-3H3,(H,21,23)(H,22,24). The third kappa shape index (κ3) is 6.05. The molecule has 1 heterocycles. The van der Waals surface area contributed by atoms with E-state index in [-0.39, 0.29) is 6.04 Å². The van der Waals surface area contributed by atoms with Gasteiger partial charge in [-0.05, 0) is 63.7 Å². The van der Waals surface area contributed by atoms with Gasteiger partial charge in [-0.2, -0.15) is 0 Å². The maximum atomic E-state index is 12.0. The van der Waals surface area contributed by atoms with Gasteiger partial charge in [-0.15, -0.1) is 0 Å². The monoisotopic (exact) mass is 347 g/mol. The molecule has 1 saturated heterocycles. The molecule has 6 nitrogen and oxygen atoms in total. The van der Waals surface area contributed by atoms with Crippen LogP contribution in [0, 0.1) is 19.8 Å². The van der Waals surface area contributed by atoms with Crippen LogP contribution in [-0.4, -0.2) is 44.1 Å². The number of para-hydroxylation sites is 1. The van der Waals surface area contributed by atoms with Crippen molar-refractivity contribution in [3.8, 4) is 5.75 Å². The van der Waals surface area contributed by atoms with E-state index in [4.69, 9.17) is 4.74 Å². The van der Waals surface area contributed by atoms with Crippen molar-refractivity contribution in [1.82, 2.24) is 16.0 Å². The molecule has 0 spiro atoms. The number of piperidine rings is 1. The number of hydrogen-bond donors (Lipinski definition) is 3. The van der Waals surface area contributed by atoms with Gasteiger partial charge in [0.25, 0.3) is 0 Å². The highest BCUT2D eigenvalue weighted by Crippen LogP contribution is 2.22. The lowest BCUT2D eigenvalue weighted by atomic mass is 10.00. The lowest BCUT2D eigenvalue weighted by molar-refractivity contribution is -0.139. The summed E-state index contributed by atoms with van der Waals surface area (Å²) in [5.41, 5.74) is 2.11. The van der Waals surface area contributed by atoms with E-state index >= 15 is 0 Å². The number of carbonyl (C=O) groups is 2. The molecule has 1 aromatic carbocycles. The highest BCUT2D eigenvalue weighted by Gasteiger charge is 2.19. The van der Waals surface area contributed by atoms with Crippen LogP contribution >= 0.6 is 0 Å². The summed E-state index contributed by atoms with van der Waals surface area (Å²) < 4.78 is 5.81. The molecule has 138 valence electrons. The molecule has 1 aromatic rings. The van der Waals surface area contributed by atoms with E-state index in [9.17, 15) is 9.59 Å². The predicted molar refractivity (Wildman–Crippen MR) is 97.6 cm³/mol. The van der Waals surface area contributed by atoms with Crippen LogP contribution in [-0.2, 0) is 9.59 Å². The summed E-state index contributed by atoms with van der Waals surface area (Å²) in [6, 6.07) is 5.70. The minimum absolute atomic E-state index is 0.256. The average molecular weight is 347 g/mol. The Kier molecular flexibility index (Phi) is 7.25. The van der Waals surface area contributed by atoms with Crippen molar-refractivity contribution in [2.45, 2.75) is 39.7 Å². The maximum absolute atomic E-state index is 12.0. The van der Waals surface area contributed by atoms with E-state index in [1.807, 2.05) is 39.0 Å². The molecule has 0 aliphatic carbocycles. The molecule has 2 atom stereocenters. The van der Waals surface area contributed by atoms with Gasteiger partial charge in [-0.1, -0.05) is 18.2 Å². The molecular formula is C19H29N3O3. The molecule has 0 bridgehead atoms. The molecule has 2 amide bonds. The molecule has 0 radical (unpaired) electrons. The molecule has 2 unspecified atom stereocenters. The van der Waals surface area contributed by atoms with Crippen molar-refractivity contribution >= 4 is 11.8 Å². The second-order valence-electron chi connectivity index (χ2n) is 6.83. The fourth-order valence-electron chi connectivity index (χ4n) is 2.98. The van der Waals surface area contributed by atoms with Crippen molar-refractivity contribution in [3.05, 3.63) is 29.3 Å². The van der Waals surface area contributed by atoms with E-state index < -0.39 is 11.8 Å². The molecule has 0 aromatic heterocycles. The summed E-state index contributed by atoms with van der Waals surface area (Å²) in [6.07, 6.45) is 2.19. The molecule has 2 rings (SSSR count). The van der Waals surface area contributed by atoms with Crippen molar-refractivity contribution in [2.75, 3.05) is 26.2 Å². The van der Waals surface area contributed by atoms with Gasteiger partial charge in [0.2, 0.25) is 0 Å². The number of hydrogen-bond acceptors (Lipinski definition) is 4. The Bertz CT molecular complexity index is 577. The normalized spacial score (nSPS) is 18.3. The predicted octanol–water partition coefficient (Wildman–Crippen LogP) is 1.30. The number of aryl methyl sites for hydroxylation is 2. The smallest absolute Gasteiger partial charge is 0.309 e. The first kappa shape index (κ1) is 19.2. The topological polar surface area (TPSA) is 79.5 Å². The molecule has 1 fully saturated rings. The lowest BCUT2D eigenvalue weighted by Gasteiger charge is -2.23. The van der Waals surface area contributed by atoms with Gasteiger partial charge in [-0.3, -0.25) is 9.59 Å². The third-order valence-electron chi connectivity index (χ3n) is 4.42. The fourth-order valence-corrected chi connectivity index (χ4v) is 2.98. The van der Waals surface area contributed by atoms with Crippen LogP contribution < -0.4 is 20.7 Å². The number of carbonyl (C=O) groups excluding carboxylic acids is 2. The molecule has 6 heteroatoms. The Hall–Kier alpha value is -2.08. The summed E-state index contributed by atoms with van der Waals surface area (Å²) in [7, 11) is 0. The Morgan fingerprint density at radius 1 is 1.28 bits per heavy atom. The molecule has 1 aliphatic heterocycles. The minimum atomic E-state index is -0.610. The number of benzene rings is 1. The zero-order valence-electron chi connectivity index (χ0n) is 15.4. The van der Waals surface area contributed by atoms with Crippen LogP contribution in [0.5, 0.6) is 5.75 Å². The van der Waals surface area contributed by atoms with Gasteiger partial charge in [0.1, 0.15) is 12.4 Å². The van der Waals surface area contributed by atoms with E-state index in [1.165, 1.54) is 0 Å². The summed E-state index contributed by atoms with van der Waals surface area (Å²) in [5, 5.41) is 8.70. The summed E-state index contributed by atoms with van der Waals surface area (Å²) >= 11 is 0. The quantitative estimate of drug-likeness (QED) is 0.678. The van der Waals surface area contributed by atoms with Crippen molar-refractivity contribution in [3.63, 3.8) is 0 Å². The summed E-state index contributed by atoms with van der Waals surface area (Å²) in [6.45, 7) is 8.57. The second kappa shape index (κ2) is 9.42. The Morgan fingerprint density at radius 3 is 2.64 bits per heavy atom. The van der Waals surface area contributed by atoms with Gasteiger partial charge < -0.3 is 20.7 Å². The van der Waals surface area contributed by atoms with Crippen LogP contribution in [0.1, 0.15) is 30.9 Å². The van der Waals surface area contributed by atoms with E-state index in [2.05, 4.69) is 16.0 Å².